The topological polar surface area (TPSA) is 67.6 Å². The molecular formula is C10H12N4S. The van der Waals surface area contributed by atoms with Crippen molar-refractivity contribution < 1.29 is 0 Å². The third-order valence-electron chi connectivity index (χ3n) is 1.98. The fourth-order valence-corrected chi connectivity index (χ4v) is 2.08. The van der Waals surface area contributed by atoms with E-state index in [0.717, 1.165) is 27.1 Å². The minimum atomic E-state index is 0.736. The van der Waals surface area contributed by atoms with Crippen molar-refractivity contribution in [2.45, 2.75) is 23.9 Å². The Balaban J connectivity index is 2.24. The summed E-state index contributed by atoms with van der Waals surface area (Å²) in [5, 5.41) is 7.62. The predicted octanol–water partition coefficient (Wildman–Crippen LogP) is 2.15. The zero-order valence-corrected chi connectivity index (χ0v) is 9.43. The summed E-state index contributed by atoms with van der Waals surface area (Å²) in [7, 11) is 0. The molecular weight excluding hydrogens is 208 g/mol. The number of nitrogen functional groups attached to an aromatic ring is 1. The molecule has 4 nitrogen and oxygen atoms in total. The summed E-state index contributed by atoms with van der Waals surface area (Å²) in [4.78, 5) is 5.36. The van der Waals surface area contributed by atoms with Gasteiger partial charge in [-0.1, -0.05) is 0 Å². The number of nitrogens with two attached hydrogens (primary N) is 1. The molecule has 1 aromatic heterocycles. The average molecular weight is 220 g/mol. The molecule has 15 heavy (non-hydrogen) atoms. The van der Waals surface area contributed by atoms with Gasteiger partial charge in [0.15, 0.2) is 0 Å². The molecule has 0 bridgehead atoms. The maximum Gasteiger partial charge on any atom is 0.213 e. The molecule has 78 valence electrons. The van der Waals surface area contributed by atoms with E-state index in [9.17, 15) is 0 Å². The monoisotopic (exact) mass is 220 g/mol. The van der Waals surface area contributed by atoms with E-state index in [1.807, 2.05) is 32.0 Å². The normalized spacial score (nSPS) is 10.5. The average Bonchev–Trinajstić information content (AvgIpc) is 2.56. The smallest absolute Gasteiger partial charge is 0.213 e. The number of nitrogens with zero attached hydrogens (tertiary/aromatic N) is 2. The van der Waals surface area contributed by atoms with E-state index in [1.54, 1.807) is 0 Å². The molecule has 0 aliphatic rings. The van der Waals surface area contributed by atoms with Gasteiger partial charge in [0.05, 0.1) is 0 Å². The summed E-state index contributed by atoms with van der Waals surface area (Å²) in [6.45, 7) is 3.91. The van der Waals surface area contributed by atoms with E-state index in [4.69, 9.17) is 5.73 Å². The molecule has 1 aromatic carbocycles. The number of aromatic nitrogens is 3. The SMILES string of the molecule is Cc1nc(Sc2ccc(N)cc2C)n[nH]1. The maximum absolute atomic E-state index is 5.68. The van der Waals surface area contributed by atoms with Crippen LogP contribution in [0, 0.1) is 13.8 Å². The van der Waals surface area contributed by atoms with Gasteiger partial charge in [-0.3, -0.25) is 5.10 Å². The highest BCUT2D eigenvalue weighted by Gasteiger charge is 2.05. The summed E-state index contributed by atoms with van der Waals surface area (Å²) < 4.78 is 0. The quantitative estimate of drug-likeness (QED) is 0.761. The van der Waals surface area contributed by atoms with Crippen molar-refractivity contribution in [3.05, 3.63) is 29.6 Å². The first kappa shape index (κ1) is 10.0. The second-order valence-corrected chi connectivity index (χ2v) is 4.34. The molecule has 0 radical (unpaired) electrons. The number of nitrogens with one attached hydrogen (secondary N) is 1. The molecule has 2 rings (SSSR count). The molecule has 1 heterocycles. The van der Waals surface area contributed by atoms with Gasteiger partial charge in [-0.2, -0.15) is 0 Å². The second-order valence-electron chi connectivity index (χ2n) is 3.33. The molecule has 0 amide bonds. The summed E-state index contributed by atoms with van der Waals surface area (Å²) in [5.41, 5.74) is 7.60. The molecule has 2 aromatic rings. The lowest BCUT2D eigenvalue weighted by Crippen LogP contribution is -1.87. The standard InChI is InChI=1S/C10H12N4S/c1-6-5-8(11)3-4-9(6)15-10-12-7(2)13-14-10/h3-5H,11H2,1-2H3,(H,12,13,14). The van der Waals surface area contributed by atoms with E-state index in [1.165, 1.54) is 11.8 Å². The second kappa shape index (κ2) is 3.94. The van der Waals surface area contributed by atoms with Gasteiger partial charge in [0.25, 0.3) is 0 Å². The van der Waals surface area contributed by atoms with Crippen LogP contribution in [-0.4, -0.2) is 15.2 Å². The van der Waals surface area contributed by atoms with Crippen LogP contribution in [0.15, 0.2) is 28.3 Å². The van der Waals surface area contributed by atoms with Crippen molar-refractivity contribution in [3.8, 4) is 0 Å². The van der Waals surface area contributed by atoms with Gasteiger partial charge >= 0.3 is 0 Å². The fourth-order valence-electron chi connectivity index (χ4n) is 1.25. The zero-order valence-electron chi connectivity index (χ0n) is 8.61. The molecule has 0 aliphatic carbocycles. The van der Waals surface area contributed by atoms with Crippen molar-refractivity contribution in [3.63, 3.8) is 0 Å². The highest BCUT2D eigenvalue weighted by Crippen LogP contribution is 2.28. The number of hydrogen-bond donors (Lipinski definition) is 2. The number of aromatic amines is 1. The Morgan fingerprint density at radius 2 is 2.13 bits per heavy atom. The first-order valence-electron chi connectivity index (χ1n) is 4.58. The Morgan fingerprint density at radius 1 is 1.33 bits per heavy atom. The molecule has 0 saturated heterocycles. The third kappa shape index (κ3) is 2.30. The third-order valence-corrected chi connectivity index (χ3v) is 3.02. The Labute approximate surface area is 92.3 Å². The van der Waals surface area contributed by atoms with Crippen LogP contribution >= 0.6 is 11.8 Å². The highest BCUT2D eigenvalue weighted by molar-refractivity contribution is 7.99. The summed E-state index contributed by atoms with van der Waals surface area (Å²) in [6, 6.07) is 5.82. The van der Waals surface area contributed by atoms with Crippen molar-refractivity contribution in [1.29, 1.82) is 0 Å². The van der Waals surface area contributed by atoms with Crippen LogP contribution in [0.1, 0.15) is 11.4 Å². The molecule has 0 atom stereocenters. The van der Waals surface area contributed by atoms with Gasteiger partial charge in [-0.15, -0.1) is 5.10 Å². The zero-order chi connectivity index (χ0) is 10.8. The molecule has 0 spiro atoms. The van der Waals surface area contributed by atoms with E-state index in [2.05, 4.69) is 15.2 Å². The molecule has 5 heteroatoms. The number of H-pyrrole nitrogens is 1. The van der Waals surface area contributed by atoms with Gasteiger partial charge in [0.1, 0.15) is 5.82 Å². The van der Waals surface area contributed by atoms with E-state index >= 15 is 0 Å². The summed E-state index contributed by atoms with van der Waals surface area (Å²) >= 11 is 1.53. The van der Waals surface area contributed by atoms with Gasteiger partial charge in [0.2, 0.25) is 5.16 Å². The molecule has 3 N–H and O–H groups in total. The number of aryl methyl sites for hydroxylation is 2. The number of hydrogen-bond acceptors (Lipinski definition) is 4. The van der Waals surface area contributed by atoms with Crippen molar-refractivity contribution >= 4 is 17.4 Å². The van der Waals surface area contributed by atoms with Crippen LogP contribution in [-0.2, 0) is 0 Å². The van der Waals surface area contributed by atoms with Gasteiger partial charge in [-0.05, 0) is 49.4 Å². The van der Waals surface area contributed by atoms with Crippen LogP contribution in [0.3, 0.4) is 0 Å². The van der Waals surface area contributed by atoms with E-state index < -0.39 is 0 Å². The van der Waals surface area contributed by atoms with E-state index in [-0.39, 0.29) is 0 Å². The summed E-state index contributed by atoms with van der Waals surface area (Å²) in [5.74, 6) is 0.825. The van der Waals surface area contributed by atoms with Crippen LogP contribution in [0.25, 0.3) is 0 Å². The molecule has 0 aliphatic heterocycles. The van der Waals surface area contributed by atoms with Gasteiger partial charge < -0.3 is 5.73 Å². The molecule has 0 unspecified atom stereocenters. The van der Waals surface area contributed by atoms with Crippen molar-refractivity contribution in [2.24, 2.45) is 0 Å². The van der Waals surface area contributed by atoms with Crippen LogP contribution in [0.2, 0.25) is 0 Å². The Bertz CT molecular complexity index is 478. The number of rotatable bonds is 2. The Hall–Kier alpha value is -1.49. The van der Waals surface area contributed by atoms with Crippen LogP contribution < -0.4 is 5.73 Å². The first-order valence-corrected chi connectivity index (χ1v) is 5.40. The lowest BCUT2D eigenvalue weighted by molar-refractivity contribution is 0.969. The Morgan fingerprint density at radius 3 is 2.73 bits per heavy atom. The lowest BCUT2D eigenvalue weighted by atomic mass is 10.2. The Kier molecular flexibility index (Phi) is 2.64. The van der Waals surface area contributed by atoms with E-state index in [0.29, 0.717) is 0 Å². The van der Waals surface area contributed by atoms with Crippen molar-refractivity contribution in [1.82, 2.24) is 15.2 Å². The summed E-state index contributed by atoms with van der Waals surface area (Å²) in [6.07, 6.45) is 0. The van der Waals surface area contributed by atoms with Crippen LogP contribution in [0.4, 0.5) is 5.69 Å². The maximum atomic E-state index is 5.68. The highest BCUT2D eigenvalue weighted by atomic mass is 32.2. The number of anilines is 1. The molecule has 0 fully saturated rings. The largest absolute Gasteiger partial charge is 0.399 e. The van der Waals surface area contributed by atoms with Crippen LogP contribution in [0.5, 0.6) is 0 Å². The van der Waals surface area contributed by atoms with Gasteiger partial charge in [0, 0.05) is 10.6 Å². The predicted molar refractivity (Wildman–Crippen MR) is 60.8 cm³/mol. The minimum absolute atomic E-state index is 0.736. The lowest BCUT2D eigenvalue weighted by Gasteiger charge is -2.02. The first-order chi connectivity index (χ1) is 7.15. The van der Waals surface area contributed by atoms with Gasteiger partial charge in [-0.25, -0.2) is 4.98 Å². The number of benzene rings is 1. The van der Waals surface area contributed by atoms with Crippen molar-refractivity contribution in [2.75, 3.05) is 5.73 Å². The fraction of sp³-hybridized carbons (Fsp3) is 0.200. The minimum Gasteiger partial charge on any atom is -0.399 e. The molecule has 0 saturated carbocycles.